The van der Waals surface area contributed by atoms with Crippen LogP contribution in [-0.4, -0.2) is 37.2 Å². The lowest BCUT2D eigenvalue weighted by Gasteiger charge is -2.18. The highest BCUT2D eigenvalue weighted by atomic mass is 16.6. The van der Waals surface area contributed by atoms with E-state index in [1.807, 2.05) is 0 Å². The van der Waals surface area contributed by atoms with Crippen molar-refractivity contribution in [1.29, 1.82) is 0 Å². The van der Waals surface area contributed by atoms with Gasteiger partial charge in [-0.2, -0.15) is 0 Å². The van der Waals surface area contributed by atoms with Gasteiger partial charge < -0.3 is 14.2 Å². The standard InChI is InChI=1S/C57H104O6/c1-4-7-10-13-16-19-22-25-27-28-30-32-35-38-41-44-47-50-56(59)62-53-54(52-61-55(58)49-46-43-40-37-34-31-24-21-18-15-12-9-6-3)63-57(60)51-48-45-42-39-36-33-29-26-23-20-17-14-11-8-5-2/h8,11,14,17,20,23,54H,4-7,9-10,12-13,15-16,18-19,21-22,24-53H2,1-3H3/b11-8-,17-14-,23-20-. The summed E-state index contributed by atoms with van der Waals surface area (Å²) in [6.45, 7) is 6.54. The van der Waals surface area contributed by atoms with Gasteiger partial charge in [0.25, 0.3) is 0 Å². The van der Waals surface area contributed by atoms with Crippen molar-refractivity contribution in [3.63, 3.8) is 0 Å². The smallest absolute Gasteiger partial charge is 0.306 e. The number of unbranched alkanes of at least 4 members (excludes halogenated alkanes) is 35. The van der Waals surface area contributed by atoms with E-state index >= 15 is 0 Å². The average molecular weight is 885 g/mol. The SMILES string of the molecule is CC\C=C/C=C\C=C/CCCCCCCCCC(=O)OC(COC(=O)CCCCCCCCCCCCCCC)COC(=O)CCCCCCCCCCCCCCCCCCC. The van der Waals surface area contributed by atoms with Crippen molar-refractivity contribution in [3.8, 4) is 0 Å². The summed E-state index contributed by atoms with van der Waals surface area (Å²) in [5, 5.41) is 0. The molecule has 6 nitrogen and oxygen atoms in total. The Kier molecular flexibility index (Phi) is 50.3. The van der Waals surface area contributed by atoms with Crippen LogP contribution >= 0.6 is 0 Å². The Balaban J connectivity index is 4.33. The van der Waals surface area contributed by atoms with Crippen LogP contribution in [0.3, 0.4) is 0 Å². The van der Waals surface area contributed by atoms with Crippen LogP contribution in [0, 0.1) is 0 Å². The van der Waals surface area contributed by atoms with E-state index < -0.39 is 6.10 Å². The number of allylic oxidation sites excluding steroid dienone is 6. The zero-order valence-electron chi connectivity index (χ0n) is 42.1. The second kappa shape index (κ2) is 52.3. The molecule has 0 N–H and O–H groups in total. The summed E-state index contributed by atoms with van der Waals surface area (Å²) in [4.78, 5) is 38.1. The van der Waals surface area contributed by atoms with Crippen molar-refractivity contribution < 1.29 is 28.6 Å². The van der Waals surface area contributed by atoms with Gasteiger partial charge in [-0.15, -0.1) is 0 Å². The van der Waals surface area contributed by atoms with E-state index in [-0.39, 0.29) is 31.1 Å². The molecule has 0 aliphatic rings. The van der Waals surface area contributed by atoms with E-state index in [0.29, 0.717) is 19.3 Å². The molecular weight excluding hydrogens is 781 g/mol. The van der Waals surface area contributed by atoms with E-state index in [4.69, 9.17) is 14.2 Å². The maximum absolute atomic E-state index is 12.8. The molecule has 0 bridgehead atoms. The third-order valence-corrected chi connectivity index (χ3v) is 12.2. The van der Waals surface area contributed by atoms with E-state index in [1.54, 1.807) is 0 Å². The van der Waals surface area contributed by atoms with Crippen molar-refractivity contribution in [1.82, 2.24) is 0 Å². The van der Waals surface area contributed by atoms with Gasteiger partial charge in [0.1, 0.15) is 13.2 Å². The first kappa shape index (κ1) is 60.6. The first-order valence-electron chi connectivity index (χ1n) is 27.5. The van der Waals surface area contributed by atoms with Gasteiger partial charge in [0.2, 0.25) is 0 Å². The molecule has 0 amide bonds. The molecule has 368 valence electrons. The summed E-state index contributed by atoms with van der Waals surface area (Å²) in [5.41, 5.74) is 0. The number of carbonyl (C=O) groups is 3. The minimum Gasteiger partial charge on any atom is -0.462 e. The highest BCUT2D eigenvalue weighted by molar-refractivity contribution is 5.71. The molecule has 1 unspecified atom stereocenters. The van der Waals surface area contributed by atoms with Crippen LogP contribution in [0.5, 0.6) is 0 Å². The fourth-order valence-corrected chi connectivity index (χ4v) is 8.09. The van der Waals surface area contributed by atoms with E-state index in [2.05, 4.69) is 57.2 Å². The van der Waals surface area contributed by atoms with Crippen LogP contribution in [-0.2, 0) is 28.6 Å². The largest absolute Gasteiger partial charge is 0.462 e. The van der Waals surface area contributed by atoms with Crippen molar-refractivity contribution >= 4 is 17.9 Å². The molecule has 6 heteroatoms. The second-order valence-electron chi connectivity index (χ2n) is 18.5. The fourth-order valence-electron chi connectivity index (χ4n) is 8.09. The molecule has 0 fully saturated rings. The molecule has 0 aliphatic carbocycles. The lowest BCUT2D eigenvalue weighted by atomic mass is 10.0. The molecule has 0 spiro atoms. The van der Waals surface area contributed by atoms with Gasteiger partial charge in [-0.1, -0.05) is 269 Å². The zero-order valence-corrected chi connectivity index (χ0v) is 42.1. The van der Waals surface area contributed by atoms with Crippen LogP contribution in [0.15, 0.2) is 36.5 Å². The third-order valence-electron chi connectivity index (χ3n) is 12.2. The first-order chi connectivity index (χ1) is 31.0. The number of esters is 3. The lowest BCUT2D eigenvalue weighted by molar-refractivity contribution is -0.167. The predicted molar refractivity (Wildman–Crippen MR) is 270 cm³/mol. The molecule has 63 heavy (non-hydrogen) atoms. The summed E-state index contributed by atoms with van der Waals surface area (Å²) in [7, 11) is 0. The van der Waals surface area contributed by atoms with E-state index in [1.165, 1.54) is 180 Å². The van der Waals surface area contributed by atoms with Crippen LogP contribution < -0.4 is 0 Å². The monoisotopic (exact) mass is 885 g/mol. The Morgan fingerprint density at radius 3 is 0.952 bits per heavy atom. The van der Waals surface area contributed by atoms with Gasteiger partial charge in [-0.3, -0.25) is 14.4 Å². The second-order valence-corrected chi connectivity index (χ2v) is 18.5. The fraction of sp³-hybridized carbons (Fsp3) is 0.842. The number of carbonyl (C=O) groups excluding carboxylic acids is 3. The maximum atomic E-state index is 12.8. The number of hydrogen-bond acceptors (Lipinski definition) is 6. The van der Waals surface area contributed by atoms with Gasteiger partial charge in [0, 0.05) is 19.3 Å². The highest BCUT2D eigenvalue weighted by Crippen LogP contribution is 2.17. The van der Waals surface area contributed by atoms with Crippen molar-refractivity contribution in [2.75, 3.05) is 13.2 Å². The van der Waals surface area contributed by atoms with Crippen molar-refractivity contribution in [2.24, 2.45) is 0 Å². The van der Waals surface area contributed by atoms with Crippen molar-refractivity contribution in [3.05, 3.63) is 36.5 Å². The predicted octanol–water partition coefficient (Wildman–Crippen LogP) is 18.1. The summed E-state index contributed by atoms with van der Waals surface area (Å²) in [6, 6.07) is 0. The molecule has 0 aromatic rings. The maximum Gasteiger partial charge on any atom is 0.306 e. The van der Waals surface area contributed by atoms with Crippen LogP contribution in [0.25, 0.3) is 0 Å². The Morgan fingerprint density at radius 1 is 0.333 bits per heavy atom. The van der Waals surface area contributed by atoms with Crippen LogP contribution in [0.4, 0.5) is 0 Å². The van der Waals surface area contributed by atoms with Gasteiger partial charge in [-0.05, 0) is 38.5 Å². The average Bonchev–Trinajstić information content (AvgIpc) is 3.28. The van der Waals surface area contributed by atoms with Gasteiger partial charge in [0.15, 0.2) is 6.10 Å². The van der Waals surface area contributed by atoms with Gasteiger partial charge in [-0.25, -0.2) is 0 Å². The van der Waals surface area contributed by atoms with Gasteiger partial charge in [0.05, 0.1) is 0 Å². The number of ether oxygens (including phenoxy) is 3. The van der Waals surface area contributed by atoms with E-state index in [0.717, 1.165) is 70.6 Å². The molecule has 0 aromatic heterocycles. The Labute approximate surface area is 391 Å². The van der Waals surface area contributed by atoms with Crippen LogP contribution in [0.1, 0.15) is 290 Å². The number of rotatable bonds is 50. The third kappa shape index (κ3) is 50.5. The first-order valence-corrected chi connectivity index (χ1v) is 27.5. The highest BCUT2D eigenvalue weighted by Gasteiger charge is 2.19. The number of hydrogen-bond donors (Lipinski definition) is 0. The molecule has 0 rings (SSSR count). The molecule has 1 atom stereocenters. The molecule has 0 aliphatic heterocycles. The summed E-state index contributed by atoms with van der Waals surface area (Å²) in [6.07, 6.45) is 61.3. The van der Waals surface area contributed by atoms with Crippen LogP contribution in [0.2, 0.25) is 0 Å². The molecular formula is C57H104O6. The Hall–Kier alpha value is -2.37. The lowest BCUT2D eigenvalue weighted by Crippen LogP contribution is -2.30. The van der Waals surface area contributed by atoms with Gasteiger partial charge >= 0.3 is 17.9 Å². The molecule has 0 aromatic carbocycles. The van der Waals surface area contributed by atoms with E-state index in [9.17, 15) is 14.4 Å². The zero-order chi connectivity index (χ0) is 45.8. The normalized spacial score (nSPS) is 12.2. The molecule has 0 radical (unpaired) electrons. The summed E-state index contributed by atoms with van der Waals surface area (Å²) < 4.78 is 16.8. The minimum atomic E-state index is -0.773. The summed E-state index contributed by atoms with van der Waals surface area (Å²) in [5.74, 6) is -0.868. The molecule has 0 heterocycles. The van der Waals surface area contributed by atoms with Crippen molar-refractivity contribution in [2.45, 2.75) is 297 Å². The molecule has 0 saturated heterocycles. The summed E-state index contributed by atoms with van der Waals surface area (Å²) >= 11 is 0. The quantitative estimate of drug-likeness (QED) is 0.0262. The Bertz CT molecular complexity index is 1060. The topological polar surface area (TPSA) is 78.9 Å². The minimum absolute atomic E-state index is 0.0725. The molecule has 0 saturated carbocycles. The Morgan fingerprint density at radius 2 is 0.619 bits per heavy atom.